The first kappa shape index (κ1) is 66.6. The Labute approximate surface area is 517 Å². The van der Waals surface area contributed by atoms with E-state index in [-0.39, 0.29) is 84.2 Å². The van der Waals surface area contributed by atoms with Gasteiger partial charge in [0, 0.05) is 75.6 Å². The molecule has 0 N–H and O–H groups in total. The molecule has 4 heterocycles. The lowest BCUT2D eigenvalue weighted by Crippen LogP contribution is -2.50. The Morgan fingerprint density at radius 3 is 1.16 bits per heavy atom. The molecule has 2 unspecified atom stereocenters. The molecule has 4 aliphatic heterocycles. The van der Waals surface area contributed by atoms with Gasteiger partial charge in [0.15, 0.2) is 0 Å². The highest BCUT2D eigenvalue weighted by Crippen LogP contribution is 2.33. The van der Waals surface area contributed by atoms with E-state index in [4.69, 9.17) is 28.4 Å². The number of benzene rings is 4. The number of nitrogens with zero attached hydrogens (tertiary/aromatic N) is 6. The van der Waals surface area contributed by atoms with Crippen LogP contribution in [0, 0.1) is 35.3 Å². The second-order valence-corrected chi connectivity index (χ2v) is 25.3. The Balaban J connectivity index is 1.04. The summed E-state index contributed by atoms with van der Waals surface area (Å²) in [7, 11) is 0. The van der Waals surface area contributed by atoms with Crippen molar-refractivity contribution in [2.24, 2.45) is 23.7 Å². The van der Waals surface area contributed by atoms with Crippen molar-refractivity contribution in [2.75, 3.05) is 78.8 Å². The number of amides is 4. The molecule has 4 atom stereocenters. The van der Waals surface area contributed by atoms with Crippen LogP contribution in [0.25, 0.3) is 0 Å². The summed E-state index contributed by atoms with van der Waals surface area (Å²) in [6.45, 7) is 23.0. The lowest BCUT2D eigenvalue weighted by molar-refractivity contribution is -0.181. The lowest BCUT2D eigenvalue weighted by atomic mass is 9.99. The van der Waals surface area contributed by atoms with Gasteiger partial charge in [0.25, 0.3) is 11.8 Å². The highest BCUT2D eigenvalue weighted by molar-refractivity contribution is 6.30. The first-order valence-electron chi connectivity index (χ1n) is 31.5. The summed E-state index contributed by atoms with van der Waals surface area (Å²) in [4.78, 5) is 97.0. The van der Waals surface area contributed by atoms with Gasteiger partial charge in [0.1, 0.15) is 36.3 Å². The van der Waals surface area contributed by atoms with Crippen molar-refractivity contribution in [3.63, 3.8) is 0 Å². The first-order valence-corrected chi connectivity index (χ1v) is 31.5. The highest BCUT2D eigenvalue weighted by Gasteiger charge is 2.42. The van der Waals surface area contributed by atoms with Crippen LogP contribution in [-0.4, -0.2) is 168 Å². The molecule has 0 saturated carbocycles. The molecule has 4 saturated heterocycles. The smallest absolute Gasteiger partial charge is 0.418 e. The van der Waals surface area contributed by atoms with Crippen LogP contribution in [0.2, 0.25) is 0 Å². The maximum Gasteiger partial charge on any atom is 0.418 e. The lowest BCUT2D eigenvalue weighted by Gasteiger charge is -2.40. The number of esters is 2. The van der Waals surface area contributed by atoms with Gasteiger partial charge >= 0.3 is 24.1 Å². The van der Waals surface area contributed by atoms with Crippen molar-refractivity contribution in [1.29, 1.82) is 0 Å². The molecule has 0 bridgehead atoms. The predicted molar refractivity (Wildman–Crippen MR) is 327 cm³/mol. The molecule has 88 heavy (non-hydrogen) atoms. The highest BCUT2D eigenvalue weighted by atomic mass is 19.1. The topological polar surface area (TPSA) is 177 Å². The quantitative estimate of drug-likeness (QED) is 0.0298. The van der Waals surface area contributed by atoms with Gasteiger partial charge in [-0.15, -0.1) is 0 Å². The average Bonchev–Trinajstić information content (AvgIpc) is 2.51. The summed E-state index contributed by atoms with van der Waals surface area (Å²) in [5.74, 6) is -3.26. The van der Waals surface area contributed by atoms with Crippen LogP contribution in [0.4, 0.5) is 18.4 Å². The largest absolute Gasteiger partial charge is 0.493 e. The minimum atomic E-state index is -1.70. The molecular weight excluding hydrogens is 1130 g/mol. The van der Waals surface area contributed by atoms with Crippen LogP contribution in [-0.2, 0) is 51.2 Å². The van der Waals surface area contributed by atoms with E-state index in [9.17, 15) is 28.0 Å². The fraction of sp³-hybridized carbons (Fsp3) is 0.559. The number of cyclic esters (lactones) is 2. The van der Waals surface area contributed by atoms with Gasteiger partial charge in [0.2, 0.25) is 12.2 Å². The number of piperidine rings is 2. The summed E-state index contributed by atoms with van der Waals surface area (Å²) >= 11 is 0. The number of carbonyl (C=O) groups excluding carboxylic acids is 6. The number of halogens is 2. The second-order valence-electron chi connectivity index (χ2n) is 25.3. The Morgan fingerprint density at radius 1 is 0.500 bits per heavy atom. The molecule has 20 heteroatoms. The van der Waals surface area contributed by atoms with Crippen molar-refractivity contribution in [1.82, 2.24) is 29.4 Å². The fourth-order valence-corrected chi connectivity index (χ4v) is 11.9. The van der Waals surface area contributed by atoms with Crippen molar-refractivity contribution in [3.8, 4) is 11.5 Å². The van der Waals surface area contributed by atoms with Crippen LogP contribution >= 0.6 is 0 Å². The van der Waals surface area contributed by atoms with E-state index in [0.717, 1.165) is 12.8 Å². The molecule has 478 valence electrons. The van der Waals surface area contributed by atoms with Crippen molar-refractivity contribution in [2.45, 2.75) is 143 Å². The average molecular weight is 1220 g/mol. The van der Waals surface area contributed by atoms with E-state index in [2.05, 4.69) is 37.5 Å². The molecular formula is C68H90F2N6O12. The third kappa shape index (κ3) is 18.4. The normalized spacial score (nSPS) is 18.6. The Hall–Kier alpha value is -7.32. The van der Waals surface area contributed by atoms with Crippen molar-refractivity contribution < 1.29 is 66.0 Å². The van der Waals surface area contributed by atoms with Crippen LogP contribution in [0.3, 0.4) is 0 Å². The number of ether oxygens (including phenoxy) is 6. The molecule has 4 amide bonds. The van der Waals surface area contributed by atoms with Crippen LogP contribution < -0.4 is 9.47 Å². The number of likely N-dealkylation sites (tertiary alicyclic amines) is 2. The Kier molecular flexibility index (Phi) is 24.0. The third-order valence-corrected chi connectivity index (χ3v) is 17.0. The summed E-state index contributed by atoms with van der Waals surface area (Å²) < 4.78 is 63.6. The number of rotatable bonds is 28. The van der Waals surface area contributed by atoms with E-state index in [1.807, 2.05) is 27.7 Å². The summed E-state index contributed by atoms with van der Waals surface area (Å²) in [5.41, 5.74) is 1.73. The van der Waals surface area contributed by atoms with Crippen LogP contribution in [0.1, 0.15) is 128 Å². The molecule has 4 fully saturated rings. The van der Waals surface area contributed by atoms with Crippen molar-refractivity contribution >= 4 is 35.9 Å². The monoisotopic (exact) mass is 1220 g/mol. The standard InChI is InChI=1S/C68H90F2N6O12/c1-45(2)41-83-57-23-15-51(16-24-57)61(63(77)75(39-49-11-19-53(69)20-12-49)55-27-35-71(36-28-55)31-9-33-73-59(47(5)6)43-85-67(73)81)87-65(79)66(80)88-62(52-17-25-58(26-18-52)84-42-46(3)4)64(78)76(40-50-13-21-54(70)22-14-50)56-29-37-72(38-30-56)32-10-34-74-60(48(7)8)44-86-68(74)82/h11-26,45-48,55-56,59-62H,9-10,27-44H2,1-8H3/t59-,60-,61?,62?/m0/s1. The van der Waals surface area contributed by atoms with Gasteiger partial charge in [-0.25, -0.2) is 28.0 Å². The number of hydrogen-bond donors (Lipinski definition) is 0. The molecule has 0 aliphatic carbocycles. The second kappa shape index (κ2) is 31.7. The molecule has 4 aromatic carbocycles. The van der Waals surface area contributed by atoms with E-state index < -0.39 is 47.6 Å². The number of carbonyl (C=O) groups is 6. The summed E-state index contributed by atoms with van der Waals surface area (Å²) in [6.07, 6.45) is -0.406. The zero-order valence-electron chi connectivity index (χ0n) is 52.5. The maximum absolute atomic E-state index is 15.5. The van der Waals surface area contributed by atoms with Gasteiger partial charge in [-0.2, -0.15) is 0 Å². The van der Waals surface area contributed by atoms with E-state index in [0.29, 0.717) is 127 Å². The molecule has 18 nitrogen and oxygen atoms in total. The number of hydrogen-bond acceptors (Lipinski definition) is 14. The zero-order valence-corrected chi connectivity index (χ0v) is 52.5. The molecule has 4 aromatic rings. The van der Waals surface area contributed by atoms with E-state index in [1.54, 1.807) is 92.4 Å². The minimum absolute atomic E-state index is 0.0171. The van der Waals surface area contributed by atoms with Crippen LogP contribution in [0.5, 0.6) is 11.5 Å². The first-order chi connectivity index (χ1) is 42.2. The Morgan fingerprint density at radius 2 is 0.841 bits per heavy atom. The molecule has 8 rings (SSSR count). The van der Waals surface area contributed by atoms with Gasteiger partial charge < -0.3 is 57.8 Å². The van der Waals surface area contributed by atoms with Gasteiger partial charge in [-0.1, -0.05) is 104 Å². The van der Waals surface area contributed by atoms with Crippen molar-refractivity contribution in [3.05, 3.63) is 131 Å². The molecule has 0 radical (unpaired) electrons. The molecule has 0 spiro atoms. The fourth-order valence-electron chi connectivity index (χ4n) is 11.9. The van der Waals surface area contributed by atoms with Gasteiger partial charge in [-0.3, -0.25) is 9.59 Å². The predicted octanol–water partition coefficient (Wildman–Crippen LogP) is 10.6. The molecule has 0 aromatic heterocycles. The maximum atomic E-state index is 15.5. The van der Waals surface area contributed by atoms with E-state index >= 15 is 9.59 Å². The van der Waals surface area contributed by atoms with Crippen LogP contribution in [0.15, 0.2) is 97.1 Å². The minimum Gasteiger partial charge on any atom is -0.493 e. The summed E-state index contributed by atoms with van der Waals surface area (Å²) in [6, 6.07) is 24.0. The zero-order chi connectivity index (χ0) is 63.0. The van der Waals surface area contributed by atoms with Gasteiger partial charge in [0.05, 0.1) is 25.3 Å². The molecule has 4 aliphatic rings. The Bertz CT molecular complexity index is 2720. The third-order valence-electron chi connectivity index (χ3n) is 17.0. The van der Waals surface area contributed by atoms with E-state index in [1.165, 1.54) is 24.3 Å². The summed E-state index contributed by atoms with van der Waals surface area (Å²) in [5, 5.41) is 0. The van der Waals surface area contributed by atoms with Gasteiger partial charge in [-0.05, 0) is 135 Å². The SMILES string of the molecule is CC(C)COc1ccc(C(OC(=O)C(=O)OC(C(=O)N(Cc2ccc(F)cc2)C2CCN(CCCN3C(=O)OC[C@H]3C(C)C)CC2)c2ccc(OCC(C)C)cc2)C(=O)N(Cc2ccc(F)cc2)C2CCN(CCCN3C(=O)OC[C@H]3C(C)C)CC2)cc1.